The first-order chi connectivity index (χ1) is 12.0. The number of ether oxygens (including phenoxy) is 1. The Morgan fingerprint density at radius 1 is 1.28 bits per heavy atom. The number of carbonyl (C=O) groups excluding carboxylic acids is 1. The van der Waals surface area contributed by atoms with Crippen molar-refractivity contribution in [1.82, 2.24) is 4.57 Å². The summed E-state index contributed by atoms with van der Waals surface area (Å²) in [6, 6.07) is 14.1. The molecule has 2 heterocycles. The van der Waals surface area contributed by atoms with Crippen LogP contribution in [0.3, 0.4) is 0 Å². The summed E-state index contributed by atoms with van der Waals surface area (Å²) in [5.41, 5.74) is 1.39. The summed E-state index contributed by atoms with van der Waals surface area (Å²) in [7, 11) is 1.24. The summed E-state index contributed by atoms with van der Waals surface area (Å²) in [6.07, 6.45) is 0.159. The molecule has 0 radical (unpaired) electrons. The number of hydrogen-bond donors (Lipinski definition) is 1. The van der Waals surface area contributed by atoms with Crippen LogP contribution in [0.15, 0.2) is 48.5 Å². The first kappa shape index (κ1) is 15.8. The van der Waals surface area contributed by atoms with E-state index in [2.05, 4.69) is 0 Å². The van der Waals surface area contributed by atoms with E-state index in [1.807, 2.05) is 37.3 Å². The van der Waals surface area contributed by atoms with E-state index < -0.39 is 17.5 Å². The number of hydrogen-bond acceptors (Lipinski definition) is 3. The molecular weight excluding hydrogens is 321 g/mol. The van der Waals surface area contributed by atoms with Crippen molar-refractivity contribution in [1.29, 1.82) is 0 Å². The van der Waals surface area contributed by atoms with Crippen LogP contribution in [0.2, 0.25) is 0 Å². The van der Waals surface area contributed by atoms with E-state index in [9.17, 15) is 14.3 Å². The smallest absolute Gasteiger partial charge is 0.359 e. The van der Waals surface area contributed by atoms with Crippen LogP contribution < -0.4 is 0 Å². The summed E-state index contributed by atoms with van der Waals surface area (Å²) in [4.78, 5) is 12.4. The van der Waals surface area contributed by atoms with E-state index in [0.717, 1.165) is 22.2 Å². The predicted octanol–water partition coefficient (Wildman–Crippen LogP) is 3.44. The molecule has 1 aliphatic rings. The molecule has 1 aromatic heterocycles. The van der Waals surface area contributed by atoms with Crippen LogP contribution in [0.4, 0.5) is 4.39 Å². The van der Waals surface area contributed by atoms with Crippen molar-refractivity contribution in [2.45, 2.75) is 25.0 Å². The Hall–Kier alpha value is -2.66. The third kappa shape index (κ3) is 2.12. The molecule has 0 spiro atoms. The maximum absolute atomic E-state index is 13.9. The fourth-order valence-electron chi connectivity index (χ4n) is 4.03. The highest BCUT2D eigenvalue weighted by Crippen LogP contribution is 2.48. The van der Waals surface area contributed by atoms with Crippen LogP contribution in [0, 0.1) is 12.7 Å². The molecule has 2 atom stereocenters. The van der Waals surface area contributed by atoms with Gasteiger partial charge in [0, 0.05) is 23.4 Å². The zero-order valence-electron chi connectivity index (χ0n) is 14.0. The molecule has 1 aliphatic heterocycles. The Morgan fingerprint density at radius 3 is 2.68 bits per heavy atom. The number of fused-ring (bicyclic) bond motifs is 3. The number of aliphatic hydroxyl groups is 1. The van der Waals surface area contributed by atoms with Crippen molar-refractivity contribution in [3.8, 4) is 0 Å². The molecule has 0 saturated heterocycles. The van der Waals surface area contributed by atoms with Gasteiger partial charge in [-0.05, 0) is 36.2 Å². The second-order valence-electron chi connectivity index (χ2n) is 6.48. The molecule has 0 bridgehead atoms. The molecule has 2 aromatic carbocycles. The summed E-state index contributed by atoms with van der Waals surface area (Å²) in [6.45, 7) is 1.94. The van der Waals surface area contributed by atoms with Gasteiger partial charge in [-0.3, -0.25) is 0 Å². The lowest BCUT2D eigenvalue weighted by Gasteiger charge is -2.23. The molecule has 0 amide bonds. The van der Waals surface area contributed by atoms with Crippen molar-refractivity contribution in [3.63, 3.8) is 0 Å². The highest BCUT2D eigenvalue weighted by molar-refractivity contribution is 5.90. The van der Waals surface area contributed by atoms with Crippen LogP contribution in [0.1, 0.15) is 29.2 Å². The molecule has 3 aromatic rings. The molecule has 0 aliphatic carbocycles. The molecule has 4 nitrogen and oxygen atoms in total. The van der Waals surface area contributed by atoms with Gasteiger partial charge in [0.15, 0.2) is 0 Å². The Labute approximate surface area is 144 Å². The second kappa shape index (κ2) is 5.43. The molecule has 25 heavy (non-hydrogen) atoms. The van der Waals surface area contributed by atoms with E-state index in [0.29, 0.717) is 5.52 Å². The number of benzene rings is 2. The summed E-state index contributed by atoms with van der Waals surface area (Å²) in [5.74, 6) is -1.34. The number of esters is 1. The molecule has 0 unspecified atom stereocenters. The maximum Gasteiger partial charge on any atom is 0.359 e. The highest BCUT2D eigenvalue weighted by Gasteiger charge is 2.51. The third-order valence-electron chi connectivity index (χ3n) is 5.13. The first-order valence-corrected chi connectivity index (χ1v) is 8.14. The molecule has 5 heteroatoms. The van der Waals surface area contributed by atoms with E-state index in [-0.39, 0.29) is 12.3 Å². The monoisotopic (exact) mass is 339 g/mol. The number of nitrogens with zero attached hydrogens (tertiary/aromatic N) is 1. The summed E-state index contributed by atoms with van der Waals surface area (Å²) < 4.78 is 20.3. The normalized spacial score (nSPS) is 22.2. The van der Waals surface area contributed by atoms with Crippen LogP contribution in [0.25, 0.3) is 10.9 Å². The maximum atomic E-state index is 13.9. The number of aryl methyl sites for hydroxylation is 1. The van der Waals surface area contributed by atoms with E-state index in [1.54, 1.807) is 10.6 Å². The number of carbonyl (C=O) groups is 1. The zero-order chi connectivity index (χ0) is 17.8. The fourth-order valence-corrected chi connectivity index (χ4v) is 4.03. The van der Waals surface area contributed by atoms with Crippen molar-refractivity contribution < 1.29 is 19.0 Å². The SMILES string of the molecule is COC(=O)[C@@]1(O)C[C@H](c2ccccc2)c2c(C)c3ccc(F)cc3n21. The van der Waals surface area contributed by atoms with E-state index in [4.69, 9.17) is 4.74 Å². The van der Waals surface area contributed by atoms with Gasteiger partial charge < -0.3 is 14.4 Å². The molecule has 1 N–H and O–H groups in total. The molecule has 0 fully saturated rings. The minimum atomic E-state index is -1.86. The summed E-state index contributed by atoms with van der Waals surface area (Å²) >= 11 is 0. The lowest BCUT2D eigenvalue weighted by atomic mass is 9.89. The van der Waals surface area contributed by atoms with Crippen molar-refractivity contribution >= 4 is 16.9 Å². The van der Waals surface area contributed by atoms with Crippen molar-refractivity contribution in [3.05, 3.63) is 71.2 Å². The average Bonchev–Trinajstić information content (AvgIpc) is 3.10. The largest absolute Gasteiger partial charge is 0.465 e. The van der Waals surface area contributed by atoms with Gasteiger partial charge in [0.05, 0.1) is 12.6 Å². The van der Waals surface area contributed by atoms with Gasteiger partial charge in [-0.25, -0.2) is 9.18 Å². The molecule has 0 saturated carbocycles. The number of methoxy groups -OCH3 is 1. The number of halogens is 1. The topological polar surface area (TPSA) is 51.5 Å². The number of rotatable bonds is 2. The van der Waals surface area contributed by atoms with Crippen LogP contribution >= 0.6 is 0 Å². The Morgan fingerprint density at radius 2 is 2.00 bits per heavy atom. The van der Waals surface area contributed by atoms with Gasteiger partial charge in [-0.2, -0.15) is 0 Å². The lowest BCUT2D eigenvalue weighted by Crippen LogP contribution is -2.40. The van der Waals surface area contributed by atoms with Gasteiger partial charge >= 0.3 is 5.97 Å². The summed E-state index contributed by atoms with van der Waals surface area (Å²) in [5, 5.41) is 12.0. The molecule has 128 valence electrons. The fraction of sp³-hybridized carbons (Fsp3) is 0.250. The van der Waals surface area contributed by atoms with Crippen LogP contribution in [0.5, 0.6) is 0 Å². The molecule has 4 rings (SSSR count). The quantitative estimate of drug-likeness (QED) is 0.728. The van der Waals surface area contributed by atoms with E-state index >= 15 is 0 Å². The highest BCUT2D eigenvalue weighted by atomic mass is 19.1. The Bertz CT molecular complexity index is 980. The third-order valence-corrected chi connectivity index (χ3v) is 5.13. The standard InChI is InChI=1S/C20H18FNO3/c1-12-15-9-8-14(21)10-17(15)22-18(12)16(13-6-4-3-5-7-13)11-20(22,24)19(23)25-2/h3-10,16,24H,11H2,1-2H3/t16-,20+/m1/s1. The van der Waals surface area contributed by atoms with Crippen LogP contribution in [-0.4, -0.2) is 22.8 Å². The van der Waals surface area contributed by atoms with Crippen LogP contribution in [-0.2, 0) is 15.3 Å². The van der Waals surface area contributed by atoms with Gasteiger partial charge in [-0.15, -0.1) is 0 Å². The minimum absolute atomic E-state index is 0.159. The van der Waals surface area contributed by atoms with Gasteiger partial charge in [0.25, 0.3) is 0 Å². The van der Waals surface area contributed by atoms with Gasteiger partial charge in [0.1, 0.15) is 5.82 Å². The number of aromatic nitrogens is 1. The first-order valence-electron chi connectivity index (χ1n) is 8.14. The Balaban J connectivity index is 2.06. The lowest BCUT2D eigenvalue weighted by molar-refractivity contribution is -0.172. The second-order valence-corrected chi connectivity index (χ2v) is 6.48. The van der Waals surface area contributed by atoms with Gasteiger partial charge in [0.2, 0.25) is 5.72 Å². The zero-order valence-corrected chi connectivity index (χ0v) is 14.0. The van der Waals surface area contributed by atoms with Gasteiger partial charge in [-0.1, -0.05) is 30.3 Å². The molecular formula is C20H18FNO3. The predicted molar refractivity (Wildman–Crippen MR) is 91.7 cm³/mol. The average molecular weight is 339 g/mol. The van der Waals surface area contributed by atoms with Crippen molar-refractivity contribution in [2.24, 2.45) is 0 Å². The minimum Gasteiger partial charge on any atom is -0.465 e. The van der Waals surface area contributed by atoms with E-state index in [1.165, 1.54) is 19.2 Å². The van der Waals surface area contributed by atoms with Crippen molar-refractivity contribution in [2.75, 3.05) is 7.11 Å². The Kier molecular flexibility index (Phi) is 3.44.